The van der Waals surface area contributed by atoms with Gasteiger partial charge in [0.2, 0.25) is 0 Å². The molecule has 0 aromatic heterocycles. The van der Waals surface area contributed by atoms with E-state index in [0.29, 0.717) is 12.3 Å². The van der Waals surface area contributed by atoms with E-state index in [1.807, 2.05) is 0 Å². The zero-order valence-corrected chi connectivity index (χ0v) is 8.25. The van der Waals surface area contributed by atoms with Gasteiger partial charge in [0, 0.05) is 6.42 Å². The smallest absolute Gasteiger partial charge is 0.120 e. The second-order valence-corrected chi connectivity index (χ2v) is 3.30. The Balaban J connectivity index is 3.28. The van der Waals surface area contributed by atoms with Gasteiger partial charge in [0.25, 0.3) is 0 Å². The molecule has 12 heavy (non-hydrogen) atoms. The van der Waals surface area contributed by atoms with E-state index in [1.165, 1.54) is 19.3 Å². The number of carbonyl (C=O) groups excluding carboxylic acids is 1. The van der Waals surface area contributed by atoms with Crippen molar-refractivity contribution in [2.45, 2.75) is 46.0 Å². The Morgan fingerprint density at radius 3 is 2.67 bits per heavy atom. The average Bonchev–Trinajstić information content (AvgIpc) is 2.05. The fraction of sp³-hybridized carbons (Fsp3) is 0.727. The highest BCUT2D eigenvalue weighted by atomic mass is 16.1. The van der Waals surface area contributed by atoms with Crippen LogP contribution in [-0.4, -0.2) is 6.29 Å². The predicted molar refractivity (Wildman–Crippen MR) is 53.1 cm³/mol. The van der Waals surface area contributed by atoms with Gasteiger partial charge >= 0.3 is 0 Å². The number of aldehydes is 1. The number of unbranched alkanes of at least 4 members (excludes halogenated alkanes) is 3. The van der Waals surface area contributed by atoms with Crippen molar-refractivity contribution in [2.24, 2.45) is 5.92 Å². The van der Waals surface area contributed by atoms with E-state index in [-0.39, 0.29) is 0 Å². The second kappa shape index (κ2) is 8.51. The highest BCUT2D eigenvalue weighted by molar-refractivity contribution is 5.50. The molecule has 0 saturated heterocycles. The molecular weight excluding hydrogens is 148 g/mol. The molecule has 1 unspecified atom stereocenters. The van der Waals surface area contributed by atoms with E-state index >= 15 is 0 Å². The first kappa shape index (κ1) is 11.4. The summed E-state index contributed by atoms with van der Waals surface area (Å²) in [6, 6.07) is 0. The fourth-order valence-corrected chi connectivity index (χ4v) is 1.07. The van der Waals surface area contributed by atoms with E-state index in [2.05, 4.69) is 26.0 Å². The molecule has 0 saturated carbocycles. The molecule has 0 radical (unpaired) electrons. The molecule has 0 aliphatic heterocycles. The first-order valence-electron chi connectivity index (χ1n) is 4.91. The first-order chi connectivity index (χ1) is 5.81. The van der Waals surface area contributed by atoms with Crippen LogP contribution in [0.15, 0.2) is 12.2 Å². The number of carbonyl (C=O) groups is 1. The van der Waals surface area contributed by atoms with E-state index in [0.717, 1.165) is 12.7 Å². The van der Waals surface area contributed by atoms with Crippen molar-refractivity contribution in [3.8, 4) is 0 Å². The van der Waals surface area contributed by atoms with Crippen LogP contribution in [0.4, 0.5) is 0 Å². The van der Waals surface area contributed by atoms with Gasteiger partial charge in [0.15, 0.2) is 0 Å². The normalized spacial score (nSPS) is 13.5. The van der Waals surface area contributed by atoms with Crippen LogP contribution in [0.2, 0.25) is 0 Å². The van der Waals surface area contributed by atoms with Crippen LogP contribution < -0.4 is 0 Å². The summed E-state index contributed by atoms with van der Waals surface area (Å²) in [5.74, 6) is 0.420. The first-order valence-corrected chi connectivity index (χ1v) is 4.91. The summed E-state index contributed by atoms with van der Waals surface area (Å²) in [7, 11) is 0. The quantitative estimate of drug-likeness (QED) is 0.324. The Morgan fingerprint density at radius 1 is 1.33 bits per heavy atom. The molecule has 0 spiro atoms. The third kappa shape index (κ3) is 7.52. The van der Waals surface area contributed by atoms with Crippen LogP contribution in [0.5, 0.6) is 0 Å². The minimum absolute atomic E-state index is 0.420. The minimum atomic E-state index is 0.420. The van der Waals surface area contributed by atoms with Gasteiger partial charge in [-0.1, -0.05) is 38.8 Å². The van der Waals surface area contributed by atoms with Crippen LogP contribution in [0, 0.1) is 5.92 Å². The van der Waals surface area contributed by atoms with Gasteiger partial charge in [-0.2, -0.15) is 0 Å². The third-order valence-corrected chi connectivity index (χ3v) is 1.91. The van der Waals surface area contributed by atoms with E-state index in [4.69, 9.17) is 0 Å². The summed E-state index contributed by atoms with van der Waals surface area (Å²) in [5.41, 5.74) is 0. The van der Waals surface area contributed by atoms with Crippen molar-refractivity contribution < 1.29 is 4.79 Å². The van der Waals surface area contributed by atoms with Gasteiger partial charge < -0.3 is 4.79 Å². The highest BCUT2D eigenvalue weighted by Gasteiger charge is 1.92. The Labute approximate surface area is 75.9 Å². The molecule has 70 valence electrons. The second-order valence-electron chi connectivity index (χ2n) is 3.30. The SMILES string of the molecule is CCCCC/C=C\C(C)CC=O. The van der Waals surface area contributed by atoms with Gasteiger partial charge in [0.05, 0.1) is 0 Å². The molecule has 0 aliphatic rings. The average molecular weight is 168 g/mol. The van der Waals surface area contributed by atoms with Crippen molar-refractivity contribution >= 4 is 6.29 Å². The maximum Gasteiger partial charge on any atom is 0.120 e. The van der Waals surface area contributed by atoms with Gasteiger partial charge in [-0.25, -0.2) is 0 Å². The molecule has 1 nitrogen and oxygen atoms in total. The lowest BCUT2D eigenvalue weighted by Crippen LogP contribution is -1.89. The summed E-state index contributed by atoms with van der Waals surface area (Å²) in [6.45, 7) is 4.28. The predicted octanol–water partition coefficient (Wildman–Crippen LogP) is 3.35. The molecule has 0 aliphatic carbocycles. The minimum Gasteiger partial charge on any atom is -0.303 e. The van der Waals surface area contributed by atoms with Crippen LogP contribution in [-0.2, 0) is 4.79 Å². The van der Waals surface area contributed by atoms with Gasteiger partial charge in [-0.15, -0.1) is 0 Å². The highest BCUT2D eigenvalue weighted by Crippen LogP contribution is 2.04. The van der Waals surface area contributed by atoms with E-state index < -0.39 is 0 Å². The van der Waals surface area contributed by atoms with Crippen LogP contribution in [0.1, 0.15) is 46.0 Å². The standard InChI is InChI=1S/C11H20O/c1-3-4-5-6-7-8-11(2)9-10-12/h7-8,10-11H,3-6,9H2,1-2H3/b8-7-. The summed E-state index contributed by atoms with van der Waals surface area (Å²) in [6.07, 6.45) is 11.0. The fourth-order valence-electron chi connectivity index (χ4n) is 1.07. The zero-order valence-electron chi connectivity index (χ0n) is 8.25. The maximum absolute atomic E-state index is 10.1. The van der Waals surface area contributed by atoms with Crippen molar-refractivity contribution in [1.82, 2.24) is 0 Å². The van der Waals surface area contributed by atoms with Crippen molar-refractivity contribution in [1.29, 1.82) is 0 Å². The summed E-state index contributed by atoms with van der Waals surface area (Å²) in [4.78, 5) is 10.1. The number of allylic oxidation sites excluding steroid dienone is 2. The van der Waals surface area contributed by atoms with Gasteiger partial charge in [0.1, 0.15) is 6.29 Å². The molecule has 1 atom stereocenters. The van der Waals surface area contributed by atoms with Crippen LogP contribution >= 0.6 is 0 Å². The Kier molecular flexibility index (Phi) is 8.09. The van der Waals surface area contributed by atoms with Crippen molar-refractivity contribution in [3.63, 3.8) is 0 Å². The Hall–Kier alpha value is -0.590. The molecule has 0 aromatic rings. The summed E-state index contributed by atoms with van der Waals surface area (Å²) < 4.78 is 0. The lowest BCUT2D eigenvalue weighted by atomic mass is 10.1. The van der Waals surface area contributed by atoms with E-state index in [9.17, 15) is 4.79 Å². The Bertz CT molecular complexity index is 127. The molecule has 0 fully saturated rings. The van der Waals surface area contributed by atoms with Crippen LogP contribution in [0.25, 0.3) is 0 Å². The molecule has 0 heterocycles. The molecule has 0 amide bonds. The molecule has 0 bridgehead atoms. The topological polar surface area (TPSA) is 17.1 Å². The third-order valence-electron chi connectivity index (χ3n) is 1.91. The molecular formula is C11H20O. The molecule has 0 N–H and O–H groups in total. The van der Waals surface area contributed by atoms with Crippen molar-refractivity contribution in [3.05, 3.63) is 12.2 Å². The van der Waals surface area contributed by atoms with Gasteiger partial charge in [-0.3, -0.25) is 0 Å². The molecule has 0 rings (SSSR count). The summed E-state index contributed by atoms with van der Waals surface area (Å²) >= 11 is 0. The number of hydrogen-bond acceptors (Lipinski definition) is 1. The monoisotopic (exact) mass is 168 g/mol. The van der Waals surface area contributed by atoms with Crippen LogP contribution in [0.3, 0.4) is 0 Å². The summed E-state index contributed by atoms with van der Waals surface area (Å²) in [5, 5.41) is 0. The molecule has 1 heteroatoms. The largest absolute Gasteiger partial charge is 0.303 e. The van der Waals surface area contributed by atoms with Crippen molar-refractivity contribution in [2.75, 3.05) is 0 Å². The Morgan fingerprint density at radius 2 is 2.08 bits per heavy atom. The maximum atomic E-state index is 10.1. The number of rotatable bonds is 7. The number of hydrogen-bond donors (Lipinski definition) is 0. The van der Waals surface area contributed by atoms with E-state index in [1.54, 1.807) is 0 Å². The lowest BCUT2D eigenvalue weighted by Gasteiger charge is -1.98. The van der Waals surface area contributed by atoms with Gasteiger partial charge in [-0.05, 0) is 18.8 Å². The molecule has 0 aromatic carbocycles. The lowest BCUT2D eigenvalue weighted by molar-refractivity contribution is -0.108. The zero-order chi connectivity index (χ0) is 9.23.